The average Bonchev–Trinajstić information content (AvgIpc) is 2.69. The molecule has 1 saturated carbocycles. The molecule has 2 heterocycles. The molecular weight excluding hydrogens is 294 g/mol. The lowest BCUT2D eigenvalue weighted by atomic mass is 9.65. The Labute approximate surface area is 145 Å². The number of hydrogen-bond acceptors (Lipinski definition) is 2. The van der Waals surface area contributed by atoms with E-state index in [2.05, 4.69) is 36.1 Å². The van der Waals surface area contributed by atoms with E-state index >= 15 is 0 Å². The minimum atomic E-state index is -0.942. The Morgan fingerprint density at radius 1 is 0.875 bits per heavy atom. The Morgan fingerprint density at radius 3 is 1.83 bits per heavy atom. The number of likely N-dealkylation sites (N-methyl/N-ethyl adjacent to an activating group) is 1. The van der Waals surface area contributed by atoms with Crippen LogP contribution >= 0.6 is 0 Å². The second kappa shape index (κ2) is 6.34. The smallest absolute Gasteiger partial charge is 0.130 e. The standard InChI is InChI=1S/C22H27NO/c1-2-23-20-15-13-17(14-16-20)21(23)22(24,18-9-5-3-6-10-18)19-11-7-4-8-12-19/h3-12,17,20-21,24H,2,13-16H2,1H3/t17?,20?,21-/m0/s1. The van der Waals surface area contributed by atoms with Crippen LogP contribution in [0.5, 0.6) is 0 Å². The zero-order chi connectivity index (χ0) is 16.6. The largest absolute Gasteiger partial charge is 0.379 e. The summed E-state index contributed by atoms with van der Waals surface area (Å²) in [6, 6.07) is 21.4. The van der Waals surface area contributed by atoms with Gasteiger partial charge in [-0.2, -0.15) is 0 Å². The molecule has 5 rings (SSSR count). The normalized spacial score (nSPS) is 27.3. The molecule has 0 spiro atoms. The molecule has 0 aromatic heterocycles. The highest BCUT2D eigenvalue weighted by Gasteiger charge is 2.52. The van der Waals surface area contributed by atoms with Crippen LogP contribution in [0.4, 0.5) is 0 Å². The van der Waals surface area contributed by atoms with Gasteiger partial charge in [0.05, 0.1) is 0 Å². The van der Waals surface area contributed by atoms with Crippen LogP contribution in [0.2, 0.25) is 0 Å². The highest BCUT2D eigenvalue weighted by atomic mass is 16.3. The summed E-state index contributed by atoms with van der Waals surface area (Å²) in [4.78, 5) is 2.58. The lowest BCUT2D eigenvalue weighted by Gasteiger charge is -2.57. The van der Waals surface area contributed by atoms with Crippen molar-refractivity contribution >= 4 is 0 Å². The summed E-state index contributed by atoms with van der Waals surface area (Å²) >= 11 is 0. The van der Waals surface area contributed by atoms with Crippen LogP contribution in [0.25, 0.3) is 0 Å². The van der Waals surface area contributed by atoms with Crippen molar-refractivity contribution in [3.05, 3.63) is 71.8 Å². The fourth-order valence-corrected chi connectivity index (χ4v) is 5.18. The highest BCUT2D eigenvalue weighted by Crippen LogP contribution is 2.48. The molecule has 126 valence electrons. The van der Waals surface area contributed by atoms with Crippen molar-refractivity contribution in [2.24, 2.45) is 5.92 Å². The molecule has 2 heteroatoms. The van der Waals surface area contributed by atoms with Gasteiger partial charge in [0.1, 0.15) is 5.60 Å². The van der Waals surface area contributed by atoms with Crippen molar-refractivity contribution in [2.75, 3.05) is 6.54 Å². The van der Waals surface area contributed by atoms with Crippen molar-refractivity contribution < 1.29 is 5.11 Å². The SMILES string of the molecule is CCN1C2CCC(CC2)[C@H]1C(O)(c1ccccc1)c1ccccc1. The highest BCUT2D eigenvalue weighted by molar-refractivity contribution is 5.39. The fourth-order valence-electron chi connectivity index (χ4n) is 5.18. The van der Waals surface area contributed by atoms with Crippen LogP contribution in [0.3, 0.4) is 0 Å². The van der Waals surface area contributed by atoms with E-state index in [1.165, 1.54) is 25.7 Å². The molecule has 2 aliphatic heterocycles. The first-order chi connectivity index (χ1) is 11.7. The molecule has 0 radical (unpaired) electrons. The third kappa shape index (κ3) is 2.40. The van der Waals surface area contributed by atoms with Crippen molar-refractivity contribution in [1.82, 2.24) is 4.90 Å². The Balaban J connectivity index is 1.87. The minimum absolute atomic E-state index is 0.166. The number of fused-ring (bicyclic) bond motifs is 3. The van der Waals surface area contributed by atoms with E-state index in [9.17, 15) is 5.11 Å². The molecule has 24 heavy (non-hydrogen) atoms. The van der Waals surface area contributed by atoms with E-state index in [4.69, 9.17) is 0 Å². The third-order valence-electron chi connectivity index (χ3n) is 6.24. The van der Waals surface area contributed by atoms with Gasteiger partial charge in [-0.3, -0.25) is 4.90 Å². The van der Waals surface area contributed by atoms with Gasteiger partial charge in [-0.05, 0) is 49.3 Å². The van der Waals surface area contributed by atoms with E-state index in [0.29, 0.717) is 12.0 Å². The molecule has 1 N–H and O–H groups in total. The van der Waals surface area contributed by atoms with Gasteiger partial charge in [0.15, 0.2) is 0 Å². The zero-order valence-electron chi connectivity index (χ0n) is 14.4. The zero-order valence-corrected chi connectivity index (χ0v) is 14.4. The summed E-state index contributed by atoms with van der Waals surface area (Å²) in [6.45, 7) is 3.25. The topological polar surface area (TPSA) is 23.5 Å². The average molecular weight is 321 g/mol. The summed E-state index contributed by atoms with van der Waals surface area (Å²) in [6.07, 6.45) is 5.06. The maximum atomic E-state index is 12.2. The van der Waals surface area contributed by atoms with Gasteiger partial charge in [0.25, 0.3) is 0 Å². The molecule has 1 atom stereocenters. The molecule has 3 aliphatic rings. The van der Waals surface area contributed by atoms with Gasteiger partial charge in [0.2, 0.25) is 0 Å². The van der Waals surface area contributed by atoms with Crippen molar-refractivity contribution in [2.45, 2.75) is 50.3 Å². The van der Waals surface area contributed by atoms with Gasteiger partial charge >= 0.3 is 0 Å². The number of rotatable bonds is 4. The van der Waals surface area contributed by atoms with Crippen LogP contribution in [0.15, 0.2) is 60.7 Å². The first-order valence-electron chi connectivity index (χ1n) is 9.34. The van der Waals surface area contributed by atoms with Crippen LogP contribution < -0.4 is 0 Å². The van der Waals surface area contributed by atoms with E-state index in [0.717, 1.165) is 17.7 Å². The Morgan fingerprint density at radius 2 is 1.38 bits per heavy atom. The summed E-state index contributed by atoms with van der Waals surface area (Å²) < 4.78 is 0. The van der Waals surface area contributed by atoms with Crippen molar-refractivity contribution in [3.8, 4) is 0 Å². The van der Waals surface area contributed by atoms with Gasteiger partial charge < -0.3 is 5.11 Å². The van der Waals surface area contributed by atoms with Crippen LogP contribution in [0, 0.1) is 5.92 Å². The van der Waals surface area contributed by atoms with Crippen molar-refractivity contribution in [1.29, 1.82) is 0 Å². The molecule has 2 aromatic carbocycles. The predicted octanol–water partition coefficient (Wildman–Crippen LogP) is 4.19. The van der Waals surface area contributed by atoms with Crippen LogP contribution in [-0.2, 0) is 5.60 Å². The number of aliphatic hydroxyl groups is 1. The molecule has 2 saturated heterocycles. The number of benzene rings is 2. The molecule has 0 amide bonds. The minimum Gasteiger partial charge on any atom is -0.379 e. The second-order valence-electron chi connectivity index (χ2n) is 7.34. The quantitative estimate of drug-likeness (QED) is 0.913. The maximum absolute atomic E-state index is 12.2. The summed E-state index contributed by atoms with van der Waals surface area (Å²) in [7, 11) is 0. The lowest BCUT2D eigenvalue weighted by molar-refractivity contribution is -0.111. The summed E-state index contributed by atoms with van der Waals surface area (Å²) in [5, 5.41) is 12.2. The summed E-state index contributed by atoms with van der Waals surface area (Å²) in [5.74, 6) is 0.570. The molecule has 2 nitrogen and oxygen atoms in total. The molecular formula is C22H27NO. The van der Waals surface area contributed by atoms with E-state index in [1.807, 2.05) is 36.4 Å². The Hall–Kier alpha value is -1.64. The number of piperidine rings is 2. The third-order valence-corrected chi connectivity index (χ3v) is 6.24. The molecule has 3 fully saturated rings. The summed E-state index contributed by atoms with van der Waals surface area (Å²) in [5.41, 5.74) is 1.10. The van der Waals surface area contributed by atoms with Gasteiger partial charge in [-0.15, -0.1) is 0 Å². The molecule has 1 aliphatic carbocycles. The number of hydrogen-bond donors (Lipinski definition) is 1. The second-order valence-corrected chi connectivity index (χ2v) is 7.34. The lowest BCUT2D eigenvalue weighted by Crippen LogP contribution is -2.63. The first-order valence-corrected chi connectivity index (χ1v) is 9.34. The number of nitrogens with zero attached hydrogens (tertiary/aromatic N) is 1. The van der Waals surface area contributed by atoms with E-state index in [-0.39, 0.29) is 6.04 Å². The monoisotopic (exact) mass is 321 g/mol. The molecule has 0 unspecified atom stereocenters. The van der Waals surface area contributed by atoms with E-state index in [1.54, 1.807) is 0 Å². The Bertz CT molecular complexity index is 621. The predicted molar refractivity (Wildman–Crippen MR) is 97.8 cm³/mol. The molecule has 2 bridgehead atoms. The Kier molecular flexibility index (Phi) is 4.19. The molecule has 2 aromatic rings. The maximum Gasteiger partial charge on any atom is 0.130 e. The van der Waals surface area contributed by atoms with Gasteiger partial charge in [0, 0.05) is 12.1 Å². The van der Waals surface area contributed by atoms with E-state index < -0.39 is 5.60 Å². The first kappa shape index (κ1) is 15.9. The van der Waals surface area contributed by atoms with Crippen LogP contribution in [-0.4, -0.2) is 28.6 Å². The fraction of sp³-hybridized carbons (Fsp3) is 0.455. The van der Waals surface area contributed by atoms with Crippen LogP contribution in [0.1, 0.15) is 43.7 Å². The van der Waals surface area contributed by atoms with Crippen molar-refractivity contribution in [3.63, 3.8) is 0 Å². The van der Waals surface area contributed by atoms with Gasteiger partial charge in [-0.25, -0.2) is 0 Å². The van der Waals surface area contributed by atoms with Gasteiger partial charge in [-0.1, -0.05) is 67.6 Å².